The van der Waals surface area contributed by atoms with Gasteiger partial charge in [-0.3, -0.25) is 0 Å². The van der Waals surface area contributed by atoms with Gasteiger partial charge in [-0.2, -0.15) is 0 Å². The molecule has 0 fully saturated rings. The summed E-state index contributed by atoms with van der Waals surface area (Å²) in [4.78, 5) is 11.7. The molecule has 13 rings (SSSR count). The second-order valence-electron chi connectivity index (χ2n) is 17.3. The summed E-state index contributed by atoms with van der Waals surface area (Å²) in [5.41, 5.74) is 13.3. The predicted octanol–water partition coefficient (Wildman–Crippen LogP) is 18.0. The molecule has 2 aromatic heterocycles. The van der Waals surface area contributed by atoms with E-state index in [-0.39, 0.29) is 0 Å². The van der Waals surface area contributed by atoms with Gasteiger partial charge in [-0.25, -0.2) is 9.97 Å². The molecule has 312 valence electrons. The van der Waals surface area contributed by atoms with E-state index < -0.39 is 0 Å². The number of benzene rings is 11. The first kappa shape index (κ1) is 38.9. The van der Waals surface area contributed by atoms with Gasteiger partial charge in [-0.15, -0.1) is 11.3 Å². The smallest absolute Gasteiger partial charge is 0.160 e. The zero-order chi connectivity index (χ0) is 44.3. The van der Waals surface area contributed by atoms with Gasteiger partial charge >= 0.3 is 0 Å². The van der Waals surface area contributed by atoms with E-state index in [1.54, 1.807) is 0 Å². The van der Waals surface area contributed by atoms with Gasteiger partial charge in [0.25, 0.3) is 0 Å². The maximum atomic E-state index is 5.26. The first-order chi connectivity index (χ1) is 33.2. The Morgan fingerprint density at radius 3 is 1.63 bits per heavy atom. The normalized spacial score (nSPS) is 11.6. The molecule has 0 radical (unpaired) electrons. The molecule has 0 amide bonds. The van der Waals surface area contributed by atoms with Gasteiger partial charge in [0, 0.05) is 26.3 Å². The number of nitrogens with zero attached hydrogens (tertiary/aromatic N) is 2. The lowest BCUT2D eigenvalue weighted by molar-refractivity contribution is 1.18. The lowest BCUT2D eigenvalue weighted by Crippen LogP contribution is -1.97. The molecule has 11 aromatic carbocycles. The number of fused-ring (bicyclic) bond motifs is 6. The van der Waals surface area contributed by atoms with E-state index in [4.69, 9.17) is 9.97 Å². The van der Waals surface area contributed by atoms with Crippen molar-refractivity contribution in [3.05, 3.63) is 243 Å². The summed E-state index contributed by atoms with van der Waals surface area (Å²) < 4.78 is 1.29. The summed E-state index contributed by atoms with van der Waals surface area (Å²) in [5.74, 6) is 0.705. The third-order valence-corrected chi connectivity index (χ3v) is 14.5. The highest BCUT2D eigenvalue weighted by atomic mass is 32.1. The van der Waals surface area contributed by atoms with Crippen molar-refractivity contribution in [1.82, 2.24) is 9.97 Å². The first-order valence-electron chi connectivity index (χ1n) is 22.8. The minimum absolute atomic E-state index is 0.705. The molecule has 0 N–H and O–H groups in total. The molecule has 0 unspecified atom stereocenters. The molecule has 0 aliphatic carbocycles. The Morgan fingerprint density at radius 2 is 0.851 bits per heavy atom. The minimum Gasteiger partial charge on any atom is -0.228 e. The molecular formula is C64H40N2S. The second-order valence-corrected chi connectivity index (χ2v) is 18.4. The van der Waals surface area contributed by atoms with Crippen molar-refractivity contribution < 1.29 is 0 Å². The Labute approximate surface area is 392 Å². The van der Waals surface area contributed by atoms with Crippen molar-refractivity contribution in [2.45, 2.75) is 0 Å². The molecule has 2 nitrogen and oxygen atoms in total. The predicted molar refractivity (Wildman–Crippen MR) is 285 cm³/mol. The molecule has 0 atom stereocenters. The van der Waals surface area contributed by atoms with Crippen LogP contribution in [0, 0.1) is 0 Å². The average Bonchev–Trinajstić information content (AvgIpc) is 3.85. The Morgan fingerprint density at radius 1 is 0.269 bits per heavy atom. The SMILES string of the molecule is c1ccc(-c2nc(-c3cccc(-c4cc5ccccc5s4)c3)cc(-c3ccc(-c4ccc(-c5ccc(-c6c7ccccc7cc7c6ccc6ccccc67)cc5)cc4)c4ccccc34)n2)cc1. The Bertz CT molecular complexity index is 3980. The van der Waals surface area contributed by atoms with Gasteiger partial charge in [0.2, 0.25) is 0 Å². The molecule has 13 aromatic rings. The van der Waals surface area contributed by atoms with E-state index in [9.17, 15) is 0 Å². The van der Waals surface area contributed by atoms with Crippen molar-refractivity contribution in [1.29, 1.82) is 0 Å². The van der Waals surface area contributed by atoms with E-state index in [1.807, 2.05) is 29.5 Å². The number of rotatable bonds is 7. The van der Waals surface area contributed by atoms with Crippen molar-refractivity contribution in [2.75, 3.05) is 0 Å². The average molecular weight is 869 g/mol. The van der Waals surface area contributed by atoms with Crippen LogP contribution in [-0.2, 0) is 0 Å². The third kappa shape index (κ3) is 6.96. The Kier molecular flexibility index (Phi) is 9.40. The van der Waals surface area contributed by atoms with Crippen LogP contribution in [0.4, 0.5) is 0 Å². The second kappa shape index (κ2) is 16.2. The third-order valence-electron chi connectivity index (χ3n) is 13.3. The van der Waals surface area contributed by atoms with E-state index in [1.165, 1.54) is 91.6 Å². The largest absolute Gasteiger partial charge is 0.228 e. The molecule has 0 saturated carbocycles. The summed E-state index contributed by atoms with van der Waals surface area (Å²) in [6.45, 7) is 0. The molecule has 2 heterocycles. The lowest BCUT2D eigenvalue weighted by Gasteiger charge is -2.15. The fourth-order valence-corrected chi connectivity index (χ4v) is 11.0. The van der Waals surface area contributed by atoms with Crippen LogP contribution in [0.5, 0.6) is 0 Å². The summed E-state index contributed by atoms with van der Waals surface area (Å²) in [6, 6.07) is 87.8. The quantitative estimate of drug-likeness (QED) is 0.118. The zero-order valence-electron chi connectivity index (χ0n) is 36.4. The highest BCUT2D eigenvalue weighted by Crippen LogP contribution is 2.42. The van der Waals surface area contributed by atoms with Crippen LogP contribution >= 0.6 is 11.3 Å². The fourth-order valence-electron chi connectivity index (χ4n) is 9.98. The van der Waals surface area contributed by atoms with Gasteiger partial charge in [0.15, 0.2) is 5.82 Å². The Balaban J connectivity index is 0.853. The summed E-state index contributed by atoms with van der Waals surface area (Å²) in [5, 5.41) is 11.2. The zero-order valence-corrected chi connectivity index (χ0v) is 37.2. The van der Waals surface area contributed by atoms with Crippen molar-refractivity contribution in [3.63, 3.8) is 0 Å². The standard InChI is InChI=1S/C64H40N2S/c1-2-14-46(15-3-1)64-65-59(48-18-12-19-49(37-48)62-39-50-17-6-11-24-61(50)67-62)40-60(66-64)56-36-35-52(54-22-9-10-23-55(54)56)44-29-25-41(26-30-44)42-27-31-45(32-28-42)63-53-21-8-5-16-47(53)38-58-51-20-7-4-13-43(51)33-34-57(58)63/h1-40H. The van der Waals surface area contributed by atoms with Gasteiger partial charge in [-0.1, -0.05) is 212 Å². The first-order valence-corrected chi connectivity index (χ1v) is 23.6. The van der Waals surface area contributed by atoms with E-state index in [2.05, 4.69) is 224 Å². The van der Waals surface area contributed by atoms with Gasteiger partial charge in [-0.05, 0) is 118 Å². The summed E-state index contributed by atoms with van der Waals surface area (Å²) in [7, 11) is 0. The highest BCUT2D eigenvalue weighted by molar-refractivity contribution is 7.22. The van der Waals surface area contributed by atoms with Crippen LogP contribution in [0.15, 0.2) is 243 Å². The molecule has 0 aliphatic heterocycles. The molecule has 0 bridgehead atoms. The molecule has 0 aliphatic rings. The van der Waals surface area contributed by atoms with Gasteiger partial charge in [0.05, 0.1) is 11.4 Å². The number of aromatic nitrogens is 2. The van der Waals surface area contributed by atoms with Crippen LogP contribution in [0.1, 0.15) is 0 Å². The Hall–Kier alpha value is -8.50. The summed E-state index contributed by atoms with van der Waals surface area (Å²) >= 11 is 1.82. The van der Waals surface area contributed by atoms with Gasteiger partial charge < -0.3 is 0 Å². The lowest BCUT2D eigenvalue weighted by atomic mass is 9.89. The molecule has 0 spiro atoms. The van der Waals surface area contributed by atoms with Crippen LogP contribution in [-0.4, -0.2) is 9.97 Å². The van der Waals surface area contributed by atoms with Crippen molar-refractivity contribution in [2.24, 2.45) is 0 Å². The topological polar surface area (TPSA) is 25.8 Å². The van der Waals surface area contributed by atoms with E-state index in [0.29, 0.717) is 5.82 Å². The van der Waals surface area contributed by atoms with Crippen molar-refractivity contribution in [3.8, 4) is 77.7 Å². The highest BCUT2D eigenvalue weighted by Gasteiger charge is 2.17. The molecule has 67 heavy (non-hydrogen) atoms. The van der Waals surface area contributed by atoms with E-state index in [0.717, 1.165) is 33.5 Å². The van der Waals surface area contributed by atoms with Crippen LogP contribution in [0.3, 0.4) is 0 Å². The fraction of sp³-hybridized carbons (Fsp3) is 0. The van der Waals surface area contributed by atoms with Crippen LogP contribution in [0.25, 0.3) is 131 Å². The van der Waals surface area contributed by atoms with Crippen molar-refractivity contribution >= 4 is 64.5 Å². The maximum Gasteiger partial charge on any atom is 0.160 e. The summed E-state index contributed by atoms with van der Waals surface area (Å²) in [6.07, 6.45) is 0. The molecular weight excluding hydrogens is 829 g/mol. The molecule has 0 saturated heterocycles. The van der Waals surface area contributed by atoms with Crippen LogP contribution in [0.2, 0.25) is 0 Å². The van der Waals surface area contributed by atoms with Crippen LogP contribution < -0.4 is 0 Å². The number of hydrogen-bond acceptors (Lipinski definition) is 3. The van der Waals surface area contributed by atoms with Gasteiger partial charge in [0.1, 0.15) is 0 Å². The molecule has 3 heteroatoms. The monoisotopic (exact) mass is 868 g/mol. The van der Waals surface area contributed by atoms with E-state index >= 15 is 0 Å². The minimum atomic E-state index is 0.705. The number of hydrogen-bond donors (Lipinski definition) is 0. The number of thiophene rings is 1. The maximum absolute atomic E-state index is 5.26.